The second-order valence-corrected chi connectivity index (χ2v) is 3.26. The van der Waals surface area contributed by atoms with Crippen LogP contribution in [0, 0.1) is 17.2 Å². The van der Waals surface area contributed by atoms with Crippen LogP contribution in [0.5, 0.6) is 0 Å². The van der Waals surface area contributed by atoms with Crippen molar-refractivity contribution in [3.8, 4) is 6.07 Å². The maximum atomic E-state index is 11.2. The number of nitriles is 1. The van der Waals surface area contributed by atoms with E-state index in [1.165, 1.54) is 5.57 Å². The highest BCUT2D eigenvalue weighted by molar-refractivity contribution is 5.80. The van der Waals surface area contributed by atoms with Gasteiger partial charge in [-0.2, -0.15) is 5.26 Å². The highest BCUT2D eigenvalue weighted by Crippen LogP contribution is 2.06. The zero-order valence-corrected chi connectivity index (χ0v) is 8.25. The van der Waals surface area contributed by atoms with Crippen molar-refractivity contribution < 1.29 is 9.53 Å². The molecule has 0 aromatic heterocycles. The van der Waals surface area contributed by atoms with E-state index in [4.69, 9.17) is 10.00 Å². The monoisotopic (exact) mass is 194 g/mol. The molecule has 0 saturated heterocycles. The Morgan fingerprint density at radius 2 is 2.64 bits per heavy atom. The van der Waals surface area contributed by atoms with Crippen molar-refractivity contribution in [2.24, 2.45) is 5.92 Å². The first-order valence-electron chi connectivity index (χ1n) is 4.67. The van der Waals surface area contributed by atoms with Crippen LogP contribution in [-0.4, -0.2) is 25.7 Å². The lowest BCUT2D eigenvalue weighted by atomic mass is 10.1. The summed E-state index contributed by atoms with van der Waals surface area (Å²) < 4.78 is 5.13. The summed E-state index contributed by atoms with van der Waals surface area (Å²) in [5.41, 5.74) is 1.18. The molecule has 1 amide bonds. The van der Waals surface area contributed by atoms with E-state index >= 15 is 0 Å². The van der Waals surface area contributed by atoms with Crippen LogP contribution in [0.25, 0.3) is 0 Å². The molecular weight excluding hydrogens is 180 g/mol. The van der Waals surface area contributed by atoms with Gasteiger partial charge in [0.1, 0.15) is 5.92 Å². The summed E-state index contributed by atoms with van der Waals surface area (Å²) >= 11 is 0. The normalized spacial score (nSPS) is 17.9. The summed E-state index contributed by atoms with van der Waals surface area (Å²) in [6.07, 6.45) is 2.84. The third kappa shape index (κ3) is 3.19. The third-order valence-corrected chi connectivity index (χ3v) is 2.13. The minimum absolute atomic E-state index is 0.208. The Balaban J connectivity index is 2.30. The molecule has 0 aromatic carbocycles. The Labute approximate surface area is 83.5 Å². The molecule has 0 bridgehead atoms. The molecule has 1 N–H and O–H groups in total. The van der Waals surface area contributed by atoms with Crippen LogP contribution < -0.4 is 5.32 Å². The summed E-state index contributed by atoms with van der Waals surface area (Å²) in [7, 11) is 0. The zero-order valence-electron chi connectivity index (χ0n) is 8.25. The van der Waals surface area contributed by atoms with Crippen molar-refractivity contribution in [3.05, 3.63) is 11.6 Å². The molecule has 1 heterocycles. The number of hydrogen-bond acceptors (Lipinski definition) is 3. The average molecular weight is 194 g/mol. The van der Waals surface area contributed by atoms with Crippen LogP contribution in [0.2, 0.25) is 0 Å². The molecule has 0 saturated carbocycles. The van der Waals surface area contributed by atoms with Gasteiger partial charge in [0.15, 0.2) is 0 Å². The van der Waals surface area contributed by atoms with Crippen LogP contribution in [-0.2, 0) is 9.53 Å². The lowest BCUT2D eigenvalue weighted by Gasteiger charge is -2.14. The van der Waals surface area contributed by atoms with Gasteiger partial charge in [0.2, 0.25) is 5.91 Å². The number of carbonyl (C=O) groups excluding carboxylic acids is 1. The fourth-order valence-electron chi connectivity index (χ4n) is 1.14. The van der Waals surface area contributed by atoms with Crippen molar-refractivity contribution in [2.75, 3.05) is 19.8 Å². The van der Waals surface area contributed by atoms with Gasteiger partial charge in [-0.15, -0.1) is 0 Å². The number of ether oxygens (including phenoxy) is 1. The second-order valence-electron chi connectivity index (χ2n) is 3.26. The number of amides is 1. The quantitative estimate of drug-likeness (QED) is 0.669. The summed E-state index contributed by atoms with van der Waals surface area (Å²) in [6, 6.07) is 1.90. The van der Waals surface area contributed by atoms with E-state index in [0.717, 1.165) is 13.0 Å². The van der Waals surface area contributed by atoms with Gasteiger partial charge >= 0.3 is 0 Å². The fourth-order valence-corrected chi connectivity index (χ4v) is 1.14. The number of carbonyl (C=O) groups is 1. The Bertz CT molecular complexity index is 278. The van der Waals surface area contributed by atoms with Gasteiger partial charge in [0.05, 0.1) is 19.3 Å². The maximum absolute atomic E-state index is 11.2. The smallest absolute Gasteiger partial charge is 0.237 e. The average Bonchev–Trinajstić information content (AvgIpc) is 2.26. The van der Waals surface area contributed by atoms with E-state index in [9.17, 15) is 4.79 Å². The van der Waals surface area contributed by atoms with E-state index in [1.807, 2.05) is 12.1 Å². The van der Waals surface area contributed by atoms with Crippen LogP contribution in [0.4, 0.5) is 0 Å². The van der Waals surface area contributed by atoms with Crippen molar-refractivity contribution in [1.82, 2.24) is 5.32 Å². The largest absolute Gasteiger partial charge is 0.377 e. The molecule has 4 nitrogen and oxygen atoms in total. The van der Waals surface area contributed by atoms with Gasteiger partial charge in [0.25, 0.3) is 0 Å². The Morgan fingerprint density at radius 3 is 3.21 bits per heavy atom. The molecule has 1 unspecified atom stereocenters. The lowest BCUT2D eigenvalue weighted by molar-refractivity contribution is -0.122. The summed E-state index contributed by atoms with van der Waals surface area (Å²) in [6.45, 7) is 3.47. The second kappa shape index (κ2) is 5.40. The highest BCUT2D eigenvalue weighted by atomic mass is 16.5. The first-order valence-corrected chi connectivity index (χ1v) is 4.67. The predicted octanol–water partition coefficient (Wildman–Crippen LogP) is 0.609. The number of hydrogen-bond donors (Lipinski definition) is 1. The standard InChI is InChI=1S/C10H14N2O2/c1-8(6-11)10(13)12-7-9-2-4-14-5-3-9/h2,8H,3-5,7H2,1H3,(H,12,13). The summed E-state index contributed by atoms with van der Waals surface area (Å²) in [5.74, 6) is -0.782. The molecule has 0 aliphatic carbocycles. The summed E-state index contributed by atoms with van der Waals surface area (Å²) in [5, 5.41) is 11.2. The molecule has 0 radical (unpaired) electrons. The van der Waals surface area contributed by atoms with Crippen molar-refractivity contribution >= 4 is 5.91 Å². The lowest BCUT2D eigenvalue weighted by Crippen LogP contribution is -2.31. The topological polar surface area (TPSA) is 62.1 Å². The summed E-state index contributed by atoms with van der Waals surface area (Å²) in [4.78, 5) is 11.2. The van der Waals surface area contributed by atoms with E-state index in [0.29, 0.717) is 13.2 Å². The molecule has 1 aliphatic rings. The van der Waals surface area contributed by atoms with Crippen LogP contribution in [0.15, 0.2) is 11.6 Å². The molecule has 76 valence electrons. The van der Waals surface area contributed by atoms with Gasteiger partial charge in [-0.05, 0) is 13.3 Å². The molecule has 1 atom stereocenters. The van der Waals surface area contributed by atoms with Gasteiger partial charge in [-0.3, -0.25) is 4.79 Å². The molecule has 0 spiro atoms. The van der Waals surface area contributed by atoms with Gasteiger partial charge in [-0.25, -0.2) is 0 Å². The Kier molecular flexibility index (Phi) is 4.14. The minimum atomic E-state index is -0.574. The van der Waals surface area contributed by atoms with E-state index in [1.54, 1.807) is 6.92 Å². The predicted molar refractivity (Wildman–Crippen MR) is 51.3 cm³/mol. The Hall–Kier alpha value is -1.34. The minimum Gasteiger partial charge on any atom is -0.377 e. The van der Waals surface area contributed by atoms with E-state index in [-0.39, 0.29) is 5.91 Å². The number of nitrogens with zero attached hydrogens (tertiary/aromatic N) is 1. The van der Waals surface area contributed by atoms with E-state index < -0.39 is 5.92 Å². The van der Waals surface area contributed by atoms with Crippen molar-refractivity contribution in [1.29, 1.82) is 5.26 Å². The van der Waals surface area contributed by atoms with Crippen LogP contribution in [0.3, 0.4) is 0 Å². The molecule has 1 rings (SSSR count). The first-order chi connectivity index (χ1) is 6.74. The Morgan fingerprint density at radius 1 is 1.86 bits per heavy atom. The van der Waals surface area contributed by atoms with Crippen molar-refractivity contribution in [3.63, 3.8) is 0 Å². The SMILES string of the molecule is CC(C#N)C(=O)NCC1=CCOCC1. The molecule has 1 aliphatic heterocycles. The highest BCUT2D eigenvalue weighted by Gasteiger charge is 2.11. The molecule has 14 heavy (non-hydrogen) atoms. The van der Waals surface area contributed by atoms with Crippen LogP contribution in [0.1, 0.15) is 13.3 Å². The fraction of sp³-hybridized carbons (Fsp3) is 0.600. The molecule has 0 fully saturated rings. The van der Waals surface area contributed by atoms with Gasteiger partial charge < -0.3 is 10.1 Å². The van der Waals surface area contributed by atoms with Crippen LogP contribution >= 0.6 is 0 Å². The maximum Gasteiger partial charge on any atom is 0.237 e. The molecule has 0 aromatic rings. The van der Waals surface area contributed by atoms with Gasteiger partial charge in [0, 0.05) is 6.54 Å². The number of nitrogens with one attached hydrogen (secondary N) is 1. The molecular formula is C10H14N2O2. The van der Waals surface area contributed by atoms with E-state index in [2.05, 4.69) is 5.32 Å². The molecule has 4 heteroatoms. The third-order valence-electron chi connectivity index (χ3n) is 2.13. The van der Waals surface area contributed by atoms with Crippen molar-refractivity contribution in [2.45, 2.75) is 13.3 Å². The van der Waals surface area contributed by atoms with Gasteiger partial charge in [-0.1, -0.05) is 11.6 Å². The number of rotatable bonds is 3. The zero-order chi connectivity index (χ0) is 10.4. The first kappa shape index (κ1) is 10.7.